The number of para-hydroxylation sites is 2. The van der Waals surface area contributed by atoms with Crippen LogP contribution in [0.15, 0.2) is 97.1 Å². The minimum atomic E-state index is -0.579. The van der Waals surface area contributed by atoms with Gasteiger partial charge in [0, 0.05) is 88.1 Å². The van der Waals surface area contributed by atoms with Crippen LogP contribution in [-0.2, 0) is 17.8 Å². The van der Waals surface area contributed by atoms with E-state index in [4.69, 9.17) is 4.74 Å². The molecule has 0 unspecified atom stereocenters. The van der Waals surface area contributed by atoms with E-state index >= 15 is 0 Å². The Balaban J connectivity index is 1.41. The minimum absolute atomic E-state index is 0.185. The Morgan fingerprint density at radius 3 is 1.58 bits per heavy atom. The highest BCUT2D eigenvalue weighted by Crippen LogP contribution is 2.40. The normalized spacial score (nSPS) is 11.2. The first-order valence-corrected chi connectivity index (χ1v) is 16.8. The molecule has 0 saturated heterocycles. The maximum Gasteiger partial charge on any atom is 0.340 e. The molecule has 0 radical (unpaired) electrons. The number of aryl methyl sites for hydroxylation is 2. The third-order valence-corrected chi connectivity index (χ3v) is 9.67. The highest BCUT2D eigenvalue weighted by Gasteiger charge is 2.25. The Morgan fingerprint density at radius 1 is 0.640 bits per heavy atom. The number of fused-ring (bicyclic) bond motifs is 6. The molecule has 1 N–H and O–H groups in total. The quantitative estimate of drug-likeness (QED) is 0.0944. The fourth-order valence-electron chi connectivity index (χ4n) is 7.26. The van der Waals surface area contributed by atoms with E-state index in [2.05, 4.69) is 77.4 Å². The molecule has 2 heterocycles. The van der Waals surface area contributed by atoms with Gasteiger partial charge < -0.3 is 28.8 Å². The molecule has 0 aliphatic heterocycles. The van der Waals surface area contributed by atoms with Gasteiger partial charge in [-0.1, -0.05) is 36.4 Å². The van der Waals surface area contributed by atoms with Crippen LogP contribution in [0.2, 0.25) is 0 Å². The van der Waals surface area contributed by atoms with Crippen molar-refractivity contribution in [2.45, 2.75) is 33.9 Å². The molecule has 0 spiro atoms. The molecule has 5 aromatic carbocycles. The lowest BCUT2D eigenvalue weighted by atomic mass is 10.0. The van der Waals surface area contributed by atoms with Gasteiger partial charge in [0.25, 0.3) is 0 Å². The molecular weight excluding hydrogens is 624 g/mol. The van der Waals surface area contributed by atoms with Gasteiger partial charge in [0.1, 0.15) is 6.11 Å². The van der Waals surface area contributed by atoms with Gasteiger partial charge in [-0.05, 0) is 81.4 Å². The zero-order chi connectivity index (χ0) is 35.1. The van der Waals surface area contributed by atoms with E-state index < -0.39 is 11.8 Å². The van der Waals surface area contributed by atoms with Gasteiger partial charge in [-0.3, -0.25) is 4.79 Å². The highest BCUT2D eigenvalue weighted by molar-refractivity contribution is 6.16. The van der Waals surface area contributed by atoms with Crippen molar-refractivity contribution in [2.24, 2.45) is 0 Å². The van der Waals surface area contributed by atoms with Crippen molar-refractivity contribution >= 4 is 78.1 Å². The van der Waals surface area contributed by atoms with Crippen LogP contribution in [0.3, 0.4) is 0 Å². The SMILES string of the molecule is CCOC(=O)c1cc(N(C)c2ccc3c(c2)c2ccccc2n3CC)c(C(=O)C#CO)cc1N(C)c1ccc2c(c1)c1ccccc1n2CC. The van der Waals surface area contributed by atoms with E-state index in [9.17, 15) is 14.7 Å². The molecule has 2 aromatic heterocycles. The van der Waals surface area contributed by atoms with Crippen LogP contribution < -0.4 is 9.80 Å². The lowest BCUT2D eigenvalue weighted by molar-refractivity contribution is 0.0527. The van der Waals surface area contributed by atoms with Crippen molar-refractivity contribution in [3.05, 3.63) is 108 Å². The largest absolute Gasteiger partial charge is 0.462 e. The molecule has 8 nitrogen and oxygen atoms in total. The molecule has 0 fully saturated rings. The predicted octanol–water partition coefficient (Wildman–Crippen LogP) is 9.17. The maximum atomic E-state index is 13.7. The number of ether oxygens (including phenoxy) is 1. The topological polar surface area (TPSA) is 79.9 Å². The second kappa shape index (κ2) is 13.0. The second-order valence-electron chi connectivity index (χ2n) is 12.2. The monoisotopic (exact) mass is 662 g/mol. The highest BCUT2D eigenvalue weighted by atomic mass is 16.5. The molecular formula is C42H38N4O4. The fraction of sp³-hybridized carbons (Fsp3) is 0.190. The number of Topliss-reactive ketones (excluding diaryl/α,β-unsaturated/α-hetero) is 1. The number of rotatable bonds is 9. The zero-order valence-corrected chi connectivity index (χ0v) is 28.8. The lowest BCUT2D eigenvalue weighted by Gasteiger charge is -2.27. The van der Waals surface area contributed by atoms with E-state index in [-0.39, 0.29) is 12.2 Å². The number of aliphatic hydroxyl groups excluding tert-OH is 1. The molecule has 250 valence electrons. The molecule has 7 aromatic rings. The summed E-state index contributed by atoms with van der Waals surface area (Å²) >= 11 is 0. The van der Waals surface area contributed by atoms with Crippen LogP contribution in [0.1, 0.15) is 41.5 Å². The second-order valence-corrected chi connectivity index (χ2v) is 12.2. The summed E-state index contributed by atoms with van der Waals surface area (Å²) in [4.78, 5) is 31.1. The van der Waals surface area contributed by atoms with Gasteiger partial charge in [0.05, 0.1) is 29.1 Å². The number of hydrogen-bond acceptors (Lipinski definition) is 6. The Labute approximate surface area is 290 Å². The van der Waals surface area contributed by atoms with Crippen LogP contribution in [0, 0.1) is 12.0 Å². The third-order valence-electron chi connectivity index (χ3n) is 9.67. The summed E-state index contributed by atoms with van der Waals surface area (Å²) in [5, 5.41) is 13.9. The lowest BCUT2D eigenvalue weighted by Crippen LogP contribution is -2.20. The van der Waals surface area contributed by atoms with Gasteiger partial charge in [-0.25, -0.2) is 4.79 Å². The van der Waals surface area contributed by atoms with Gasteiger partial charge in [-0.15, -0.1) is 0 Å². The number of aromatic nitrogens is 2. The fourth-order valence-corrected chi connectivity index (χ4v) is 7.26. The average molecular weight is 663 g/mol. The molecule has 7 rings (SSSR count). The average Bonchev–Trinajstić information content (AvgIpc) is 3.65. The molecule has 0 aliphatic rings. The van der Waals surface area contributed by atoms with E-state index in [1.165, 1.54) is 0 Å². The van der Waals surface area contributed by atoms with Crippen molar-refractivity contribution < 1.29 is 19.4 Å². The molecule has 0 atom stereocenters. The van der Waals surface area contributed by atoms with Crippen molar-refractivity contribution in [1.82, 2.24) is 9.13 Å². The summed E-state index contributed by atoms with van der Waals surface area (Å²) < 4.78 is 10.1. The molecule has 0 bridgehead atoms. The van der Waals surface area contributed by atoms with E-state index in [0.29, 0.717) is 16.9 Å². The summed E-state index contributed by atoms with van der Waals surface area (Å²) in [5.74, 6) is 1.21. The predicted molar refractivity (Wildman–Crippen MR) is 203 cm³/mol. The van der Waals surface area contributed by atoms with Gasteiger partial charge in [0.15, 0.2) is 0 Å². The molecule has 50 heavy (non-hydrogen) atoms. The summed E-state index contributed by atoms with van der Waals surface area (Å²) in [7, 11) is 3.72. The number of carbonyl (C=O) groups is 2. The smallest absolute Gasteiger partial charge is 0.340 e. The number of aliphatic hydroxyl groups is 1. The van der Waals surface area contributed by atoms with Gasteiger partial charge in [-0.2, -0.15) is 0 Å². The molecule has 0 aliphatic carbocycles. The molecule has 0 saturated carbocycles. The minimum Gasteiger partial charge on any atom is -0.462 e. The first-order chi connectivity index (χ1) is 24.3. The number of nitrogens with zero attached hydrogens (tertiary/aromatic N) is 4. The van der Waals surface area contributed by atoms with Crippen molar-refractivity contribution in [2.75, 3.05) is 30.5 Å². The van der Waals surface area contributed by atoms with Crippen molar-refractivity contribution in [1.29, 1.82) is 0 Å². The number of hydrogen-bond donors (Lipinski definition) is 1. The first kappa shape index (κ1) is 32.4. The van der Waals surface area contributed by atoms with E-state index in [1.807, 2.05) is 60.3 Å². The van der Waals surface area contributed by atoms with Gasteiger partial charge >= 0.3 is 5.97 Å². The van der Waals surface area contributed by atoms with Crippen LogP contribution in [-0.4, -0.2) is 46.7 Å². The van der Waals surface area contributed by atoms with Crippen molar-refractivity contribution in [3.63, 3.8) is 0 Å². The Bertz CT molecular complexity index is 2530. The van der Waals surface area contributed by atoms with Gasteiger partial charge in [0.2, 0.25) is 5.78 Å². The number of carbonyl (C=O) groups excluding carboxylic acids is 2. The maximum absolute atomic E-state index is 13.7. The number of ketones is 1. The van der Waals surface area contributed by atoms with Crippen LogP contribution in [0.4, 0.5) is 22.7 Å². The summed E-state index contributed by atoms with van der Waals surface area (Å²) in [6.07, 6.45) is 1.78. The van der Waals surface area contributed by atoms with E-state index in [0.717, 1.165) is 68.1 Å². The van der Waals surface area contributed by atoms with E-state index in [1.54, 1.807) is 25.2 Å². The summed E-state index contributed by atoms with van der Waals surface area (Å²) in [5.41, 5.74) is 7.63. The van der Waals surface area contributed by atoms with Crippen LogP contribution >= 0.6 is 0 Å². The molecule has 0 amide bonds. The Morgan fingerprint density at radius 2 is 1.10 bits per heavy atom. The van der Waals surface area contributed by atoms with Crippen LogP contribution in [0.5, 0.6) is 0 Å². The van der Waals surface area contributed by atoms with Crippen LogP contribution in [0.25, 0.3) is 43.6 Å². The molecule has 8 heteroatoms. The third kappa shape index (κ3) is 5.19. The number of esters is 1. The Hall–Kier alpha value is -6.20. The zero-order valence-electron chi connectivity index (χ0n) is 28.8. The standard InChI is InChI=1S/C42H38N4O4/c1-6-45-35-15-11-9-13-29(35)31-23-27(17-19-37(31)45)43(4)39-26-34(42(49)50-8-3)40(25-33(39)41(48)21-22-47)44(5)28-18-20-38-32(24-28)30-14-10-12-16-36(30)46(38)7-2/h9-20,23-26,47H,6-8H2,1-5H3. The Kier molecular flexibility index (Phi) is 8.42. The summed E-state index contributed by atoms with van der Waals surface area (Å²) in [6.45, 7) is 7.86. The van der Waals surface area contributed by atoms with Crippen molar-refractivity contribution in [3.8, 4) is 12.0 Å². The number of anilines is 4. The number of benzene rings is 5. The first-order valence-electron chi connectivity index (χ1n) is 16.8. The summed E-state index contributed by atoms with van der Waals surface area (Å²) in [6, 6.07) is 32.4.